The van der Waals surface area contributed by atoms with Crippen molar-refractivity contribution in [3.63, 3.8) is 0 Å². The van der Waals surface area contributed by atoms with Gasteiger partial charge in [-0.15, -0.1) is 0 Å². The first-order valence-corrected chi connectivity index (χ1v) is 7.62. The summed E-state index contributed by atoms with van der Waals surface area (Å²) in [5.74, 6) is 1.93. The Morgan fingerprint density at radius 2 is 2.05 bits per heavy atom. The highest BCUT2D eigenvalue weighted by molar-refractivity contribution is 6.32. The first kappa shape index (κ1) is 14.7. The molecule has 3 heteroatoms. The summed E-state index contributed by atoms with van der Waals surface area (Å²) in [5, 5.41) is 0.741. The molecule has 19 heavy (non-hydrogen) atoms. The van der Waals surface area contributed by atoms with Gasteiger partial charge in [0, 0.05) is 0 Å². The molecule has 2 rings (SSSR count). The van der Waals surface area contributed by atoms with Crippen molar-refractivity contribution >= 4 is 11.6 Å². The Kier molecular flexibility index (Phi) is 5.12. The van der Waals surface area contributed by atoms with Gasteiger partial charge in [-0.05, 0) is 54.8 Å². The van der Waals surface area contributed by atoms with Crippen molar-refractivity contribution in [2.24, 2.45) is 5.73 Å². The molecule has 0 spiro atoms. The lowest BCUT2D eigenvalue weighted by Gasteiger charge is -2.20. The van der Waals surface area contributed by atoms with E-state index in [0.717, 1.165) is 17.2 Å². The summed E-state index contributed by atoms with van der Waals surface area (Å²) in [6, 6.07) is 4.33. The Morgan fingerprint density at radius 1 is 1.37 bits per heavy atom. The van der Waals surface area contributed by atoms with Crippen LogP contribution in [0.4, 0.5) is 0 Å². The minimum absolute atomic E-state index is 0.452. The molecule has 106 valence electrons. The zero-order valence-electron chi connectivity index (χ0n) is 11.9. The van der Waals surface area contributed by atoms with Crippen LogP contribution in [0.5, 0.6) is 5.75 Å². The molecule has 1 saturated carbocycles. The Hall–Kier alpha value is -0.730. The van der Waals surface area contributed by atoms with Gasteiger partial charge in [0.1, 0.15) is 5.75 Å². The molecule has 2 N–H and O–H groups in total. The van der Waals surface area contributed by atoms with Gasteiger partial charge in [-0.25, -0.2) is 0 Å². The maximum Gasteiger partial charge on any atom is 0.140 e. The fraction of sp³-hybridized carbons (Fsp3) is 0.625. The van der Waals surface area contributed by atoms with E-state index in [2.05, 4.69) is 13.0 Å². The van der Waals surface area contributed by atoms with Gasteiger partial charge in [0.25, 0.3) is 0 Å². The zero-order valence-corrected chi connectivity index (χ0v) is 12.7. The summed E-state index contributed by atoms with van der Waals surface area (Å²) >= 11 is 6.40. The molecule has 1 aliphatic rings. The van der Waals surface area contributed by atoms with Gasteiger partial charge in [0.2, 0.25) is 0 Å². The Labute approximate surface area is 121 Å². The van der Waals surface area contributed by atoms with Crippen LogP contribution in [0.3, 0.4) is 0 Å². The smallest absolute Gasteiger partial charge is 0.140 e. The fourth-order valence-electron chi connectivity index (χ4n) is 3.09. The highest BCUT2D eigenvalue weighted by Gasteiger charge is 2.23. The van der Waals surface area contributed by atoms with Crippen LogP contribution in [0, 0.1) is 0 Å². The predicted octanol–water partition coefficient (Wildman–Crippen LogP) is 4.46. The summed E-state index contributed by atoms with van der Waals surface area (Å²) in [4.78, 5) is 0. The van der Waals surface area contributed by atoms with Crippen LogP contribution in [0.1, 0.15) is 62.0 Å². The van der Waals surface area contributed by atoms with E-state index in [4.69, 9.17) is 22.1 Å². The third-order valence-corrected chi connectivity index (χ3v) is 4.54. The standard InChI is InChI=1S/C16H24ClNO/c1-11(7-8-18)13-9-14(12-5-3-4-6-12)16(19-2)15(17)10-13/h9-12H,3-8,18H2,1-2H3. The number of ether oxygens (including phenoxy) is 1. The summed E-state index contributed by atoms with van der Waals surface area (Å²) in [6.45, 7) is 2.92. The van der Waals surface area contributed by atoms with E-state index in [1.807, 2.05) is 6.07 Å². The lowest BCUT2D eigenvalue weighted by molar-refractivity contribution is 0.405. The Balaban J connectivity index is 2.37. The van der Waals surface area contributed by atoms with Crippen LogP contribution in [0.15, 0.2) is 12.1 Å². The van der Waals surface area contributed by atoms with E-state index in [9.17, 15) is 0 Å². The van der Waals surface area contributed by atoms with Crippen molar-refractivity contribution in [1.29, 1.82) is 0 Å². The maximum absolute atomic E-state index is 6.40. The molecule has 2 nitrogen and oxygen atoms in total. The first-order chi connectivity index (χ1) is 9.17. The lowest BCUT2D eigenvalue weighted by Crippen LogP contribution is -2.06. The van der Waals surface area contributed by atoms with Crippen molar-refractivity contribution in [3.8, 4) is 5.75 Å². The minimum Gasteiger partial charge on any atom is -0.495 e. The average molecular weight is 282 g/mol. The molecular weight excluding hydrogens is 258 g/mol. The minimum atomic E-state index is 0.452. The van der Waals surface area contributed by atoms with E-state index < -0.39 is 0 Å². The number of benzene rings is 1. The van der Waals surface area contributed by atoms with Crippen molar-refractivity contribution in [1.82, 2.24) is 0 Å². The van der Waals surface area contributed by atoms with Crippen LogP contribution in [0.2, 0.25) is 5.02 Å². The second-order valence-electron chi connectivity index (χ2n) is 5.58. The third kappa shape index (κ3) is 3.24. The van der Waals surface area contributed by atoms with Gasteiger partial charge >= 0.3 is 0 Å². The second-order valence-corrected chi connectivity index (χ2v) is 5.99. The van der Waals surface area contributed by atoms with Gasteiger partial charge in [-0.2, -0.15) is 0 Å². The SMILES string of the molecule is COc1c(Cl)cc(C(C)CCN)cc1C1CCCC1. The van der Waals surface area contributed by atoms with E-state index >= 15 is 0 Å². The number of methoxy groups -OCH3 is 1. The molecule has 1 atom stereocenters. The number of hydrogen-bond acceptors (Lipinski definition) is 2. The van der Waals surface area contributed by atoms with Crippen LogP contribution in [0.25, 0.3) is 0 Å². The molecule has 1 aliphatic carbocycles. The van der Waals surface area contributed by atoms with E-state index in [1.165, 1.54) is 36.8 Å². The Bertz CT molecular complexity index is 427. The van der Waals surface area contributed by atoms with Gasteiger partial charge < -0.3 is 10.5 Å². The number of nitrogens with two attached hydrogens (primary N) is 1. The highest BCUT2D eigenvalue weighted by Crippen LogP contribution is 2.43. The summed E-state index contributed by atoms with van der Waals surface area (Å²) < 4.78 is 5.53. The van der Waals surface area contributed by atoms with Crippen LogP contribution >= 0.6 is 11.6 Å². The molecule has 0 aromatic heterocycles. The normalized spacial score (nSPS) is 17.7. The molecule has 0 saturated heterocycles. The molecule has 1 unspecified atom stereocenters. The number of halogens is 1. The molecule has 0 amide bonds. The Morgan fingerprint density at radius 3 is 2.63 bits per heavy atom. The van der Waals surface area contributed by atoms with Crippen molar-refractivity contribution in [2.45, 2.75) is 50.9 Å². The molecule has 1 aromatic rings. The van der Waals surface area contributed by atoms with Gasteiger partial charge in [0.05, 0.1) is 12.1 Å². The third-order valence-electron chi connectivity index (χ3n) is 4.26. The quantitative estimate of drug-likeness (QED) is 0.865. The van der Waals surface area contributed by atoms with Gasteiger partial charge in [-0.3, -0.25) is 0 Å². The van der Waals surface area contributed by atoms with Crippen LogP contribution in [-0.2, 0) is 0 Å². The van der Waals surface area contributed by atoms with Gasteiger partial charge in [-0.1, -0.05) is 37.4 Å². The number of hydrogen-bond donors (Lipinski definition) is 1. The predicted molar refractivity (Wildman–Crippen MR) is 81.3 cm³/mol. The summed E-state index contributed by atoms with van der Waals surface area (Å²) in [6.07, 6.45) is 6.12. The largest absolute Gasteiger partial charge is 0.495 e. The van der Waals surface area contributed by atoms with Crippen molar-refractivity contribution in [2.75, 3.05) is 13.7 Å². The summed E-state index contributed by atoms with van der Waals surface area (Å²) in [5.41, 5.74) is 8.25. The van der Waals surface area contributed by atoms with E-state index in [-0.39, 0.29) is 0 Å². The van der Waals surface area contributed by atoms with Crippen LogP contribution in [-0.4, -0.2) is 13.7 Å². The monoisotopic (exact) mass is 281 g/mol. The molecule has 1 aromatic carbocycles. The molecular formula is C16H24ClNO. The first-order valence-electron chi connectivity index (χ1n) is 7.24. The molecule has 0 heterocycles. The topological polar surface area (TPSA) is 35.2 Å². The molecule has 0 radical (unpaired) electrons. The summed E-state index contributed by atoms with van der Waals surface area (Å²) in [7, 11) is 1.71. The van der Waals surface area contributed by atoms with Crippen molar-refractivity contribution in [3.05, 3.63) is 28.3 Å². The van der Waals surface area contributed by atoms with E-state index in [1.54, 1.807) is 7.11 Å². The highest BCUT2D eigenvalue weighted by atomic mass is 35.5. The zero-order chi connectivity index (χ0) is 13.8. The second kappa shape index (κ2) is 6.62. The van der Waals surface area contributed by atoms with Crippen LogP contribution < -0.4 is 10.5 Å². The van der Waals surface area contributed by atoms with Crippen molar-refractivity contribution < 1.29 is 4.74 Å². The maximum atomic E-state index is 6.40. The molecule has 1 fully saturated rings. The average Bonchev–Trinajstić information content (AvgIpc) is 2.91. The lowest BCUT2D eigenvalue weighted by atomic mass is 9.90. The van der Waals surface area contributed by atoms with Gasteiger partial charge in [0.15, 0.2) is 0 Å². The number of rotatable bonds is 5. The molecule has 0 bridgehead atoms. The van der Waals surface area contributed by atoms with E-state index in [0.29, 0.717) is 18.4 Å². The molecule has 0 aliphatic heterocycles. The fourth-order valence-corrected chi connectivity index (χ4v) is 3.41.